The molecule has 3 rings (SSSR count). The van der Waals surface area contributed by atoms with Crippen molar-refractivity contribution in [2.75, 3.05) is 39.1 Å². The van der Waals surface area contributed by atoms with Gasteiger partial charge in [0.25, 0.3) is 0 Å². The Labute approximate surface area is 180 Å². The molecule has 2 N–H and O–H groups in total. The lowest BCUT2D eigenvalue weighted by atomic mass is 10.4. The Balaban J connectivity index is 1.58. The van der Waals surface area contributed by atoms with Crippen LogP contribution in [0.3, 0.4) is 0 Å². The van der Waals surface area contributed by atoms with Gasteiger partial charge in [-0.15, -0.1) is 11.3 Å². The van der Waals surface area contributed by atoms with E-state index >= 15 is 0 Å². The molecule has 0 bridgehead atoms. The van der Waals surface area contributed by atoms with E-state index in [-0.39, 0.29) is 6.10 Å². The Bertz CT molecular complexity index is 983. The van der Waals surface area contributed by atoms with Crippen LogP contribution in [0.25, 0.3) is 11.0 Å². The number of ether oxygens (including phenoxy) is 1. The summed E-state index contributed by atoms with van der Waals surface area (Å²) in [6.07, 6.45) is 3.32. The van der Waals surface area contributed by atoms with Crippen LogP contribution in [-0.4, -0.2) is 69.4 Å². The highest BCUT2D eigenvalue weighted by Gasteiger charge is 2.13. The zero-order chi connectivity index (χ0) is 21.5. The van der Waals surface area contributed by atoms with E-state index in [1.54, 1.807) is 35.7 Å². The molecule has 0 aliphatic heterocycles. The lowest BCUT2D eigenvalue weighted by Crippen LogP contribution is -2.38. The molecule has 10 nitrogen and oxygen atoms in total. The number of methoxy groups -OCH3 is 1. The minimum absolute atomic E-state index is 0.00936. The van der Waals surface area contributed by atoms with Crippen molar-refractivity contribution in [1.82, 2.24) is 34.9 Å². The van der Waals surface area contributed by atoms with E-state index in [1.165, 1.54) is 0 Å². The molecule has 3 heterocycles. The summed E-state index contributed by atoms with van der Waals surface area (Å²) < 4.78 is 7.08. The van der Waals surface area contributed by atoms with Gasteiger partial charge in [-0.05, 0) is 13.8 Å². The highest BCUT2D eigenvalue weighted by Crippen LogP contribution is 2.21. The maximum Gasteiger partial charge on any atom is 0.194 e. The predicted octanol–water partition coefficient (Wildman–Crippen LogP) is 2.04. The smallest absolute Gasteiger partial charge is 0.194 e. The lowest BCUT2D eigenvalue weighted by Gasteiger charge is -2.21. The Morgan fingerprint density at radius 2 is 2.23 bits per heavy atom. The summed E-state index contributed by atoms with van der Waals surface area (Å²) in [5, 5.41) is 14.9. The Hall–Kier alpha value is -2.79. The summed E-state index contributed by atoms with van der Waals surface area (Å²) in [4.78, 5) is 20.0. The van der Waals surface area contributed by atoms with E-state index in [9.17, 15) is 0 Å². The summed E-state index contributed by atoms with van der Waals surface area (Å²) in [6, 6.07) is 0. The van der Waals surface area contributed by atoms with Crippen LogP contribution in [0.2, 0.25) is 0 Å². The summed E-state index contributed by atoms with van der Waals surface area (Å²) in [5.41, 5.74) is 1.81. The van der Waals surface area contributed by atoms with Crippen LogP contribution in [0, 0.1) is 0 Å². The predicted molar refractivity (Wildman–Crippen MR) is 120 cm³/mol. The standard InChI is InChI=1S/C19H29N9OS/c1-6-20-19(27(3)10-14-11-30-18(26-14)13(2)29-5)22-8-7-21-16-15-9-25-28(4)17(15)24-12-23-16/h9,11-13H,6-8,10H2,1-5H3,(H,20,22)(H,21,23,24). The van der Waals surface area contributed by atoms with E-state index in [2.05, 4.69) is 47.9 Å². The van der Waals surface area contributed by atoms with Gasteiger partial charge in [-0.2, -0.15) is 5.10 Å². The fourth-order valence-electron chi connectivity index (χ4n) is 2.91. The molecule has 3 aromatic rings. The number of aryl methyl sites for hydroxylation is 1. The molecular weight excluding hydrogens is 402 g/mol. The molecular formula is C19H29N9OS. The van der Waals surface area contributed by atoms with Crippen molar-refractivity contribution in [3.05, 3.63) is 28.6 Å². The molecule has 0 saturated heterocycles. The van der Waals surface area contributed by atoms with Gasteiger partial charge in [0.1, 0.15) is 23.3 Å². The van der Waals surface area contributed by atoms with Gasteiger partial charge < -0.3 is 20.3 Å². The molecule has 3 aromatic heterocycles. The minimum atomic E-state index is 0.00936. The number of nitrogens with zero attached hydrogens (tertiary/aromatic N) is 7. The second kappa shape index (κ2) is 10.3. The number of hydrogen-bond acceptors (Lipinski definition) is 8. The summed E-state index contributed by atoms with van der Waals surface area (Å²) in [7, 11) is 5.57. The van der Waals surface area contributed by atoms with Gasteiger partial charge in [-0.1, -0.05) is 0 Å². The fraction of sp³-hybridized carbons (Fsp3) is 0.526. The first-order chi connectivity index (χ1) is 14.5. The van der Waals surface area contributed by atoms with Crippen molar-refractivity contribution in [3.63, 3.8) is 0 Å². The Kier molecular flexibility index (Phi) is 7.52. The maximum atomic E-state index is 5.35. The fourth-order valence-corrected chi connectivity index (χ4v) is 3.75. The monoisotopic (exact) mass is 431 g/mol. The molecule has 0 aliphatic rings. The van der Waals surface area contributed by atoms with E-state index in [0.717, 1.165) is 40.1 Å². The van der Waals surface area contributed by atoms with Gasteiger partial charge in [0.2, 0.25) is 0 Å². The second-order valence-corrected chi connectivity index (χ2v) is 7.69. The largest absolute Gasteiger partial charge is 0.375 e. The molecule has 0 amide bonds. The third kappa shape index (κ3) is 5.22. The number of aromatic nitrogens is 5. The zero-order valence-corrected chi connectivity index (χ0v) is 18.9. The van der Waals surface area contributed by atoms with Crippen molar-refractivity contribution in [2.45, 2.75) is 26.5 Å². The van der Waals surface area contributed by atoms with Gasteiger partial charge >= 0.3 is 0 Å². The molecule has 1 atom stereocenters. The Morgan fingerprint density at radius 3 is 3.00 bits per heavy atom. The lowest BCUT2D eigenvalue weighted by molar-refractivity contribution is 0.119. The molecule has 0 saturated carbocycles. The van der Waals surface area contributed by atoms with E-state index in [4.69, 9.17) is 9.73 Å². The number of nitrogens with one attached hydrogen (secondary N) is 2. The van der Waals surface area contributed by atoms with Crippen LogP contribution in [-0.2, 0) is 18.3 Å². The third-order valence-corrected chi connectivity index (χ3v) is 5.62. The van der Waals surface area contributed by atoms with Crippen LogP contribution in [0.15, 0.2) is 22.9 Å². The van der Waals surface area contributed by atoms with Gasteiger partial charge in [-0.3, -0.25) is 9.67 Å². The van der Waals surface area contributed by atoms with Crippen molar-refractivity contribution in [1.29, 1.82) is 0 Å². The molecule has 0 aromatic carbocycles. The number of thiazole rings is 1. The normalized spacial score (nSPS) is 12.9. The van der Waals surface area contributed by atoms with Crippen LogP contribution in [0.4, 0.5) is 5.82 Å². The third-order valence-electron chi connectivity index (χ3n) is 4.56. The Morgan fingerprint density at radius 1 is 1.40 bits per heavy atom. The molecule has 0 radical (unpaired) electrons. The van der Waals surface area contributed by atoms with Crippen LogP contribution >= 0.6 is 11.3 Å². The van der Waals surface area contributed by atoms with Gasteiger partial charge in [0.15, 0.2) is 11.6 Å². The summed E-state index contributed by atoms with van der Waals surface area (Å²) in [5.74, 6) is 1.60. The minimum Gasteiger partial charge on any atom is -0.375 e. The van der Waals surface area contributed by atoms with Crippen molar-refractivity contribution in [2.24, 2.45) is 12.0 Å². The van der Waals surface area contributed by atoms with Crippen LogP contribution in [0.1, 0.15) is 30.7 Å². The van der Waals surface area contributed by atoms with Crippen LogP contribution < -0.4 is 10.6 Å². The first-order valence-electron chi connectivity index (χ1n) is 9.86. The number of rotatable bonds is 9. The quantitative estimate of drug-likeness (QED) is 0.301. The molecule has 0 spiro atoms. The highest BCUT2D eigenvalue weighted by atomic mass is 32.1. The number of aliphatic imine (C=N–C) groups is 1. The first-order valence-corrected chi connectivity index (χ1v) is 10.7. The topological polar surface area (TPSA) is 105 Å². The van der Waals surface area contributed by atoms with Gasteiger partial charge in [-0.25, -0.2) is 15.0 Å². The van der Waals surface area contributed by atoms with E-state index in [0.29, 0.717) is 19.6 Å². The average Bonchev–Trinajstić information content (AvgIpc) is 3.37. The average molecular weight is 432 g/mol. The highest BCUT2D eigenvalue weighted by molar-refractivity contribution is 7.09. The molecule has 1 unspecified atom stereocenters. The SMILES string of the molecule is CCNC(=NCCNc1ncnc2c1cnn2C)N(C)Cc1csc(C(C)OC)n1. The number of guanidine groups is 1. The van der Waals surface area contributed by atoms with E-state index in [1.807, 2.05) is 21.0 Å². The second-order valence-electron chi connectivity index (χ2n) is 6.80. The first kappa shape index (κ1) is 21.9. The molecule has 162 valence electrons. The van der Waals surface area contributed by atoms with Crippen LogP contribution in [0.5, 0.6) is 0 Å². The number of fused-ring (bicyclic) bond motifs is 1. The molecule has 30 heavy (non-hydrogen) atoms. The van der Waals surface area contributed by atoms with Crippen molar-refractivity contribution < 1.29 is 4.74 Å². The molecule has 0 aliphatic carbocycles. The van der Waals surface area contributed by atoms with Gasteiger partial charge in [0, 0.05) is 39.7 Å². The zero-order valence-electron chi connectivity index (χ0n) is 18.1. The van der Waals surface area contributed by atoms with Gasteiger partial charge in [0.05, 0.1) is 30.4 Å². The van der Waals surface area contributed by atoms with Crippen molar-refractivity contribution >= 4 is 34.1 Å². The number of hydrogen-bond donors (Lipinski definition) is 2. The molecule has 11 heteroatoms. The number of anilines is 1. The van der Waals surface area contributed by atoms with E-state index < -0.39 is 0 Å². The van der Waals surface area contributed by atoms with Crippen molar-refractivity contribution in [3.8, 4) is 0 Å². The summed E-state index contributed by atoms with van der Waals surface area (Å²) in [6.45, 7) is 6.78. The summed E-state index contributed by atoms with van der Waals surface area (Å²) >= 11 is 1.62. The maximum absolute atomic E-state index is 5.35. The molecule has 0 fully saturated rings.